The molecule has 0 atom stereocenters. The molecule has 0 bridgehead atoms. The number of halogens is 1. The van der Waals surface area contributed by atoms with Crippen LogP contribution in [0.1, 0.15) is 24.2 Å². The number of hydrogen-bond donors (Lipinski definition) is 1. The summed E-state index contributed by atoms with van der Waals surface area (Å²) in [5, 5.41) is 2.85. The molecule has 0 aromatic heterocycles. The molecule has 3 rings (SSSR count). The van der Waals surface area contributed by atoms with Crippen molar-refractivity contribution in [2.75, 3.05) is 16.8 Å². The van der Waals surface area contributed by atoms with E-state index >= 15 is 0 Å². The van der Waals surface area contributed by atoms with Gasteiger partial charge in [-0.3, -0.25) is 9.59 Å². The van der Waals surface area contributed by atoms with Crippen molar-refractivity contribution < 1.29 is 14.3 Å². The largest absolute Gasteiger partial charge is 0.482 e. The quantitative estimate of drug-likeness (QED) is 0.868. The first-order chi connectivity index (χ1) is 11.5. The normalized spacial score (nSPS) is 13.5. The molecule has 1 heterocycles. The molecule has 1 aliphatic heterocycles. The predicted octanol–water partition coefficient (Wildman–Crippen LogP) is 3.84. The van der Waals surface area contributed by atoms with Crippen LogP contribution in [0.2, 0.25) is 0 Å². The standard InChI is InChI=1S/C18H17BrN2O3/c1-11(2)21-15-9-14(7-8-16(15)24-10-17(21)22)20-18(23)12-3-5-13(19)6-4-12/h3-9,11H,10H2,1-2H3,(H,20,23). The van der Waals surface area contributed by atoms with E-state index in [0.29, 0.717) is 22.7 Å². The van der Waals surface area contributed by atoms with Gasteiger partial charge < -0.3 is 15.0 Å². The number of hydrogen-bond acceptors (Lipinski definition) is 3. The molecule has 0 saturated heterocycles. The fourth-order valence-electron chi connectivity index (χ4n) is 2.62. The number of anilines is 2. The maximum absolute atomic E-state index is 12.3. The number of amides is 2. The minimum absolute atomic E-state index is 0.0116. The summed E-state index contributed by atoms with van der Waals surface area (Å²) < 4.78 is 6.38. The molecule has 2 amide bonds. The Labute approximate surface area is 148 Å². The molecule has 1 N–H and O–H groups in total. The number of carbonyl (C=O) groups is 2. The van der Waals surface area contributed by atoms with E-state index in [1.807, 2.05) is 26.0 Å². The van der Waals surface area contributed by atoms with E-state index in [9.17, 15) is 9.59 Å². The van der Waals surface area contributed by atoms with E-state index in [0.717, 1.165) is 4.47 Å². The van der Waals surface area contributed by atoms with Crippen LogP contribution >= 0.6 is 15.9 Å². The number of carbonyl (C=O) groups excluding carboxylic acids is 2. The summed E-state index contributed by atoms with van der Waals surface area (Å²) in [6.45, 7) is 3.93. The van der Waals surface area contributed by atoms with Gasteiger partial charge in [0.05, 0.1) is 5.69 Å². The molecule has 2 aromatic carbocycles. The van der Waals surface area contributed by atoms with E-state index in [4.69, 9.17) is 4.74 Å². The number of ether oxygens (including phenoxy) is 1. The van der Waals surface area contributed by atoms with Crippen molar-refractivity contribution in [1.82, 2.24) is 0 Å². The predicted molar refractivity (Wildman–Crippen MR) is 96.7 cm³/mol. The van der Waals surface area contributed by atoms with Crippen LogP contribution in [0.3, 0.4) is 0 Å². The zero-order valence-electron chi connectivity index (χ0n) is 13.4. The lowest BCUT2D eigenvalue weighted by atomic mass is 10.1. The highest BCUT2D eigenvalue weighted by atomic mass is 79.9. The molecule has 5 nitrogen and oxygen atoms in total. The summed E-state index contributed by atoms with van der Waals surface area (Å²) in [6, 6.07) is 12.4. The zero-order valence-corrected chi connectivity index (χ0v) is 15.0. The fraction of sp³-hybridized carbons (Fsp3) is 0.222. The minimum atomic E-state index is -0.207. The van der Waals surface area contributed by atoms with Gasteiger partial charge in [-0.15, -0.1) is 0 Å². The second-order valence-corrected chi connectivity index (χ2v) is 6.71. The molecule has 2 aromatic rings. The SMILES string of the molecule is CC(C)N1C(=O)COc2ccc(NC(=O)c3ccc(Br)cc3)cc21. The average molecular weight is 389 g/mol. The van der Waals surface area contributed by atoms with Crippen molar-refractivity contribution in [2.24, 2.45) is 0 Å². The van der Waals surface area contributed by atoms with E-state index in [2.05, 4.69) is 21.2 Å². The summed E-state index contributed by atoms with van der Waals surface area (Å²) in [5.74, 6) is 0.348. The zero-order chi connectivity index (χ0) is 17.3. The second-order valence-electron chi connectivity index (χ2n) is 5.79. The molecule has 0 unspecified atom stereocenters. The number of benzene rings is 2. The summed E-state index contributed by atoms with van der Waals surface area (Å²) in [4.78, 5) is 26.1. The van der Waals surface area contributed by atoms with Gasteiger partial charge in [0.1, 0.15) is 5.75 Å². The van der Waals surface area contributed by atoms with Gasteiger partial charge in [0.15, 0.2) is 6.61 Å². The molecule has 24 heavy (non-hydrogen) atoms. The van der Waals surface area contributed by atoms with Crippen LogP contribution in [-0.4, -0.2) is 24.5 Å². The third-order valence-electron chi connectivity index (χ3n) is 3.72. The van der Waals surface area contributed by atoms with Crippen molar-refractivity contribution in [2.45, 2.75) is 19.9 Å². The lowest BCUT2D eigenvalue weighted by Crippen LogP contribution is -2.43. The van der Waals surface area contributed by atoms with Crippen LogP contribution in [0.25, 0.3) is 0 Å². The Kier molecular flexibility index (Phi) is 4.57. The minimum Gasteiger partial charge on any atom is -0.482 e. The lowest BCUT2D eigenvalue weighted by molar-refractivity contribution is -0.121. The van der Waals surface area contributed by atoms with Gasteiger partial charge in [0.25, 0.3) is 11.8 Å². The molecule has 1 aliphatic rings. The first kappa shape index (κ1) is 16.5. The van der Waals surface area contributed by atoms with E-state index in [1.54, 1.807) is 35.2 Å². The highest BCUT2D eigenvalue weighted by Gasteiger charge is 2.28. The highest BCUT2D eigenvalue weighted by Crippen LogP contribution is 2.35. The van der Waals surface area contributed by atoms with Gasteiger partial charge >= 0.3 is 0 Å². The molecular weight excluding hydrogens is 372 g/mol. The summed E-state index contributed by atoms with van der Waals surface area (Å²) in [5.41, 5.74) is 1.85. The van der Waals surface area contributed by atoms with E-state index < -0.39 is 0 Å². The molecule has 124 valence electrons. The maximum atomic E-state index is 12.3. The van der Waals surface area contributed by atoms with Gasteiger partial charge in [-0.1, -0.05) is 15.9 Å². The van der Waals surface area contributed by atoms with Crippen LogP contribution in [0.15, 0.2) is 46.9 Å². The van der Waals surface area contributed by atoms with E-state index in [1.165, 1.54) is 0 Å². The molecular formula is C18H17BrN2O3. The molecule has 0 spiro atoms. The summed E-state index contributed by atoms with van der Waals surface area (Å²) in [7, 11) is 0. The van der Waals surface area contributed by atoms with Crippen molar-refractivity contribution in [3.05, 3.63) is 52.5 Å². The van der Waals surface area contributed by atoms with Crippen LogP contribution in [0.4, 0.5) is 11.4 Å². The van der Waals surface area contributed by atoms with Gasteiger partial charge in [0, 0.05) is 21.8 Å². The Hall–Kier alpha value is -2.34. The monoisotopic (exact) mass is 388 g/mol. The van der Waals surface area contributed by atoms with Crippen LogP contribution in [-0.2, 0) is 4.79 Å². The van der Waals surface area contributed by atoms with Crippen molar-refractivity contribution in [3.8, 4) is 5.75 Å². The Bertz CT molecular complexity index is 787. The van der Waals surface area contributed by atoms with Crippen LogP contribution in [0.5, 0.6) is 5.75 Å². The van der Waals surface area contributed by atoms with Gasteiger partial charge in [-0.2, -0.15) is 0 Å². The topological polar surface area (TPSA) is 58.6 Å². The van der Waals surface area contributed by atoms with Gasteiger partial charge in [0.2, 0.25) is 0 Å². The number of nitrogens with one attached hydrogen (secondary N) is 1. The molecule has 6 heteroatoms. The highest BCUT2D eigenvalue weighted by molar-refractivity contribution is 9.10. The number of rotatable bonds is 3. The Morgan fingerprint density at radius 1 is 1.21 bits per heavy atom. The average Bonchev–Trinajstić information content (AvgIpc) is 2.54. The van der Waals surface area contributed by atoms with Crippen LogP contribution < -0.4 is 15.0 Å². The van der Waals surface area contributed by atoms with Crippen LogP contribution in [0, 0.1) is 0 Å². The molecule has 0 aliphatic carbocycles. The first-order valence-electron chi connectivity index (χ1n) is 7.61. The molecule has 0 radical (unpaired) electrons. The van der Waals surface area contributed by atoms with Gasteiger partial charge in [-0.25, -0.2) is 0 Å². The van der Waals surface area contributed by atoms with Crippen molar-refractivity contribution in [1.29, 1.82) is 0 Å². The van der Waals surface area contributed by atoms with Gasteiger partial charge in [-0.05, 0) is 56.3 Å². The van der Waals surface area contributed by atoms with E-state index in [-0.39, 0.29) is 24.5 Å². The summed E-state index contributed by atoms with van der Waals surface area (Å²) >= 11 is 3.35. The third-order valence-corrected chi connectivity index (χ3v) is 4.25. The lowest BCUT2D eigenvalue weighted by Gasteiger charge is -2.32. The Morgan fingerprint density at radius 3 is 2.58 bits per heavy atom. The number of fused-ring (bicyclic) bond motifs is 1. The smallest absolute Gasteiger partial charge is 0.265 e. The summed E-state index contributed by atoms with van der Waals surface area (Å²) in [6.07, 6.45) is 0. The Morgan fingerprint density at radius 2 is 1.92 bits per heavy atom. The molecule has 0 saturated carbocycles. The number of nitrogens with zero attached hydrogens (tertiary/aromatic N) is 1. The first-order valence-corrected chi connectivity index (χ1v) is 8.41. The second kappa shape index (κ2) is 6.65. The molecule has 0 fully saturated rings. The Balaban J connectivity index is 1.86. The maximum Gasteiger partial charge on any atom is 0.265 e. The van der Waals surface area contributed by atoms with Crippen molar-refractivity contribution >= 4 is 39.1 Å². The van der Waals surface area contributed by atoms with Crippen molar-refractivity contribution in [3.63, 3.8) is 0 Å². The third kappa shape index (κ3) is 3.28. The fourth-order valence-corrected chi connectivity index (χ4v) is 2.88.